The Balaban J connectivity index is 1.58. The molecule has 17 heavy (non-hydrogen) atoms. The van der Waals surface area contributed by atoms with Crippen molar-refractivity contribution in [2.45, 2.75) is 31.7 Å². The summed E-state index contributed by atoms with van der Waals surface area (Å²) in [7, 11) is 0. The Morgan fingerprint density at radius 3 is 3.00 bits per heavy atom. The molecule has 0 aromatic heterocycles. The first-order valence-corrected chi connectivity index (χ1v) is 6.60. The summed E-state index contributed by atoms with van der Waals surface area (Å²) in [5.41, 5.74) is 2.43. The van der Waals surface area contributed by atoms with Crippen LogP contribution in [0.25, 0.3) is 0 Å². The van der Waals surface area contributed by atoms with E-state index in [1.807, 2.05) is 12.1 Å². The van der Waals surface area contributed by atoms with Gasteiger partial charge in [-0.05, 0) is 36.8 Å². The van der Waals surface area contributed by atoms with E-state index in [1.54, 1.807) is 6.07 Å². The van der Waals surface area contributed by atoms with Gasteiger partial charge in [0.1, 0.15) is 5.75 Å². The standard InChI is InChI=1S/C14H20N2O/c17-13-5-4-11-6-10(9-16-14(11)7-13)8-15-12-2-1-3-12/h4-5,7,10,12,15-17H,1-3,6,8-9H2. The van der Waals surface area contributed by atoms with Gasteiger partial charge in [-0.1, -0.05) is 12.5 Å². The molecule has 1 unspecified atom stereocenters. The number of benzene rings is 1. The van der Waals surface area contributed by atoms with E-state index in [9.17, 15) is 5.11 Å². The van der Waals surface area contributed by atoms with Gasteiger partial charge in [0.25, 0.3) is 0 Å². The molecular weight excluding hydrogens is 212 g/mol. The average Bonchev–Trinajstić information content (AvgIpc) is 2.27. The van der Waals surface area contributed by atoms with Crippen LogP contribution in [0.2, 0.25) is 0 Å². The van der Waals surface area contributed by atoms with E-state index in [0.29, 0.717) is 11.7 Å². The fourth-order valence-corrected chi connectivity index (χ4v) is 2.63. The molecule has 0 radical (unpaired) electrons. The highest BCUT2D eigenvalue weighted by atomic mass is 16.3. The van der Waals surface area contributed by atoms with Crippen LogP contribution in [0.4, 0.5) is 5.69 Å². The first-order valence-electron chi connectivity index (χ1n) is 6.60. The summed E-state index contributed by atoms with van der Waals surface area (Å²) in [5.74, 6) is 1.02. The highest BCUT2D eigenvalue weighted by molar-refractivity contribution is 5.56. The van der Waals surface area contributed by atoms with Crippen molar-refractivity contribution in [3.8, 4) is 5.75 Å². The third kappa shape index (κ3) is 2.39. The summed E-state index contributed by atoms with van der Waals surface area (Å²) < 4.78 is 0. The van der Waals surface area contributed by atoms with Gasteiger partial charge >= 0.3 is 0 Å². The highest BCUT2D eigenvalue weighted by Gasteiger charge is 2.21. The molecule has 3 rings (SSSR count). The predicted octanol–water partition coefficient (Wildman–Crippen LogP) is 2.12. The maximum atomic E-state index is 9.42. The van der Waals surface area contributed by atoms with E-state index in [-0.39, 0.29) is 0 Å². The van der Waals surface area contributed by atoms with Crippen molar-refractivity contribution >= 4 is 5.69 Å². The Hall–Kier alpha value is -1.22. The fourth-order valence-electron chi connectivity index (χ4n) is 2.63. The van der Waals surface area contributed by atoms with E-state index < -0.39 is 0 Å². The quantitative estimate of drug-likeness (QED) is 0.748. The fraction of sp³-hybridized carbons (Fsp3) is 0.571. The second-order valence-electron chi connectivity index (χ2n) is 5.33. The number of fused-ring (bicyclic) bond motifs is 1. The molecule has 2 aliphatic rings. The molecule has 92 valence electrons. The van der Waals surface area contributed by atoms with E-state index in [0.717, 1.165) is 31.2 Å². The van der Waals surface area contributed by atoms with Crippen molar-refractivity contribution in [2.24, 2.45) is 5.92 Å². The minimum absolute atomic E-state index is 0.349. The molecule has 3 N–H and O–H groups in total. The van der Waals surface area contributed by atoms with Gasteiger partial charge in [0, 0.05) is 30.9 Å². The zero-order chi connectivity index (χ0) is 11.7. The first-order chi connectivity index (χ1) is 8.31. The lowest BCUT2D eigenvalue weighted by atomic mass is 9.90. The smallest absolute Gasteiger partial charge is 0.117 e. The number of phenolic OH excluding ortho intramolecular Hbond substituents is 1. The first kappa shape index (κ1) is 10.9. The van der Waals surface area contributed by atoms with E-state index in [2.05, 4.69) is 10.6 Å². The predicted molar refractivity (Wildman–Crippen MR) is 69.4 cm³/mol. The Labute approximate surface area is 102 Å². The lowest BCUT2D eigenvalue weighted by Gasteiger charge is -2.31. The lowest BCUT2D eigenvalue weighted by molar-refractivity contribution is 0.317. The van der Waals surface area contributed by atoms with Crippen LogP contribution in [0.1, 0.15) is 24.8 Å². The summed E-state index contributed by atoms with van der Waals surface area (Å²) >= 11 is 0. The second-order valence-corrected chi connectivity index (χ2v) is 5.33. The number of anilines is 1. The molecule has 0 amide bonds. The van der Waals surface area contributed by atoms with Crippen LogP contribution in [0, 0.1) is 5.92 Å². The number of hydrogen-bond acceptors (Lipinski definition) is 3. The number of hydrogen-bond donors (Lipinski definition) is 3. The van der Waals surface area contributed by atoms with E-state index in [1.165, 1.54) is 24.8 Å². The molecule has 1 atom stereocenters. The second kappa shape index (κ2) is 4.57. The van der Waals surface area contributed by atoms with E-state index in [4.69, 9.17) is 0 Å². The third-order valence-corrected chi connectivity index (χ3v) is 3.98. The molecule has 1 aromatic carbocycles. The number of nitrogens with one attached hydrogen (secondary N) is 2. The molecule has 1 aromatic rings. The molecule has 0 spiro atoms. The molecule has 0 bridgehead atoms. The van der Waals surface area contributed by atoms with Crippen LogP contribution in [-0.2, 0) is 6.42 Å². The molecule has 1 aliphatic carbocycles. The molecule has 3 nitrogen and oxygen atoms in total. The van der Waals surface area contributed by atoms with Crippen molar-refractivity contribution in [2.75, 3.05) is 18.4 Å². The van der Waals surface area contributed by atoms with E-state index >= 15 is 0 Å². The summed E-state index contributed by atoms with van der Waals surface area (Å²) in [5, 5.41) is 16.5. The van der Waals surface area contributed by atoms with Gasteiger partial charge in [-0.3, -0.25) is 0 Å². The van der Waals surface area contributed by atoms with Crippen LogP contribution in [-0.4, -0.2) is 24.2 Å². The Morgan fingerprint density at radius 1 is 1.35 bits per heavy atom. The van der Waals surface area contributed by atoms with Gasteiger partial charge < -0.3 is 15.7 Å². The van der Waals surface area contributed by atoms with Crippen LogP contribution in [0.15, 0.2) is 18.2 Å². The highest BCUT2D eigenvalue weighted by Crippen LogP contribution is 2.28. The van der Waals surface area contributed by atoms with Crippen LogP contribution < -0.4 is 10.6 Å². The summed E-state index contributed by atoms with van der Waals surface area (Å²) in [6, 6.07) is 6.41. The number of rotatable bonds is 3. The van der Waals surface area contributed by atoms with Gasteiger partial charge in [-0.2, -0.15) is 0 Å². The van der Waals surface area contributed by atoms with Crippen LogP contribution in [0.3, 0.4) is 0 Å². The van der Waals surface area contributed by atoms with Crippen LogP contribution >= 0.6 is 0 Å². The summed E-state index contributed by atoms with van der Waals surface area (Å²) in [4.78, 5) is 0. The largest absolute Gasteiger partial charge is 0.508 e. The van der Waals surface area contributed by atoms with Gasteiger partial charge in [0.15, 0.2) is 0 Å². The third-order valence-electron chi connectivity index (χ3n) is 3.98. The number of aromatic hydroxyl groups is 1. The molecule has 1 fully saturated rings. The topological polar surface area (TPSA) is 44.3 Å². The van der Waals surface area contributed by atoms with Crippen molar-refractivity contribution < 1.29 is 5.11 Å². The van der Waals surface area contributed by atoms with Crippen molar-refractivity contribution in [3.05, 3.63) is 23.8 Å². The van der Waals surface area contributed by atoms with Gasteiger partial charge in [0.2, 0.25) is 0 Å². The normalized spacial score (nSPS) is 23.6. The molecule has 0 saturated heterocycles. The minimum Gasteiger partial charge on any atom is -0.508 e. The average molecular weight is 232 g/mol. The Bertz CT molecular complexity index is 401. The lowest BCUT2D eigenvalue weighted by Crippen LogP contribution is -2.41. The maximum Gasteiger partial charge on any atom is 0.117 e. The van der Waals surface area contributed by atoms with Crippen LogP contribution in [0.5, 0.6) is 5.75 Å². The SMILES string of the molecule is Oc1ccc2c(c1)NCC(CNC1CCC1)C2. The van der Waals surface area contributed by atoms with Gasteiger partial charge in [-0.25, -0.2) is 0 Å². The zero-order valence-corrected chi connectivity index (χ0v) is 10.1. The molecule has 1 aliphatic heterocycles. The van der Waals surface area contributed by atoms with Crippen molar-refractivity contribution in [1.29, 1.82) is 0 Å². The molecule has 1 heterocycles. The Morgan fingerprint density at radius 2 is 2.24 bits per heavy atom. The molecule has 3 heteroatoms. The summed E-state index contributed by atoms with van der Waals surface area (Å²) in [6.45, 7) is 2.12. The maximum absolute atomic E-state index is 9.42. The van der Waals surface area contributed by atoms with Gasteiger partial charge in [0.05, 0.1) is 0 Å². The molecule has 1 saturated carbocycles. The minimum atomic E-state index is 0.349. The van der Waals surface area contributed by atoms with Crippen molar-refractivity contribution in [1.82, 2.24) is 5.32 Å². The van der Waals surface area contributed by atoms with Crippen molar-refractivity contribution in [3.63, 3.8) is 0 Å². The summed E-state index contributed by atoms with van der Waals surface area (Å²) in [6.07, 6.45) is 5.21. The number of phenols is 1. The zero-order valence-electron chi connectivity index (χ0n) is 10.1. The Kier molecular flexibility index (Phi) is 2.93. The van der Waals surface area contributed by atoms with Gasteiger partial charge in [-0.15, -0.1) is 0 Å². The molecular formula is C14H20N2O. The monoisotopic (exact) mass is 232 g/mol.